The van der Waals surface area contributed by atoms with E-state index in [2.05, 4.69) is 0 Å². The number of hydrogen-bond acceptors (Lipinski definition) is 4. The molecular formula is C25H20ClNO4. The zero-order valence-electron chi connectivity index (χ0n) is 16.8. The SMILES string of the molecule is CCOc1ccc(C2/C(=C(\O)c3ccccc3)C(=O)C(=O)N2c2cccc(Cl)c2)cc1. The van der Waals surface area contributed by atoms with Gasteiger partial charge in [-0.1, -0.05) is 60.1 Å². The Kier molecular flexibility index (Phi) is 5.78. The van der Waals surface area contributed by atoms with Crippen molar-refractivity contribution in [3.05, 3.63) is 101 Å². The van der Waals surface area contributed by atoms with E-state index in [9.17, 15) is 14.7 Å². The van der Waals surface area contributed by atoms with E-state index < -0.39 is 17.7 Å². The molecule has 5 nitrogen and oxygen atoms in total. The van der Waals surface area contributed by atoms with E-state index in [1.807, 2.05) is 13.0 Å². The van der Waals surface area contributed by atoms with Crippen molar-refractivity contribution >= 4 is 34.7 Å². The van der Waals surface area contributed by atoms with Gasteiger partial charge in [-0.05, 0) is 42.8 Å². The highest BCUT2D eigenvalue weighted by molar-refractivity contribution is 6.51. The average Bonchev–Trinajstić information content (AvgIpc) is 3.05. The minimum absolute atomic E-state index is 0.0281. The molecule has 1 saturated heterocycles. The molecule has 1 amide bonds. The Bertz CT molecular complexity index is 1160. The average molecular weight is 434 g/mol. The maximum atomic E-state index is 13.1. The third kappa shape index (κ3) is 3.92. The quantitative estimate of drug-likeness (QED) is 0.334. The molecule has 0 radical (unpaired) electrons. The van der Waals surface area contributed by atoms with Gasteiger partial charge in [0.05, 0.1) is 18.2 Å². The number of carbonyl (C=O) groups excluding carboxylic acids is 2. The minimum Gasteiger partial charge on any atom is -0.507 e. The smallest absolute Gasteiger partial charge is 0.300 e. The van der Waals surface area contributed by atoms with E-state index >= 15 is 0 Å². The first-order chi connectivity index (χ1) is 15.0. The Labute approximate surface area is 185 Å². The van der Waals surface area contributed by atoms with Crippen LogP contribution < -0.4 is 9.64 Å². The Hall–Kier alpha value is -3.57. The van der Waals surface area contributed by atoms with Gasteiger partial charge in [0.25, 0.3) is 11.7 Å². The lowest BCUT2D eigenvalue weighted by atomic mass is 9.95. The predicted molar refractivity (Wildman–Crippen MR) is 120 cm³/mol. The monoisotopic (exact) mass is 433 g/mol. The molecule has 0 aromatic heterocycles. The van der Waals surface area contributed by atoms with Crippen LogP contribution in [0.25, 0.3) is 5.76 Å². The van der Waals surface area contributed by atoms with E-state index in [0.717, 1.165) is 0 Å². The van der Waals surface area contributed by atoms with E-state index in [1.54, 1.807) is 72.8 Å². The van der Waals surface area contributed by atoms with Gasteiger partial charge in [-0.3, -0.25) is 14.5 Å². The normalized spacial score (nSPS) is 17.7. The van der Waals surface area contributed by atoms with Crippen LogP contribution in [0, 0.1) is 0 Å². The first-order valence-electron chi connectivity index (χ1n) is 9.86. The fourth-order valence-corrected chi connectivity index (χ4v) is 3.89. The summed E-state index contributed by atoms with van der Waals surface area (Å²) in [5.41, 5.74) is 1.63. The molecule has 3 aromatic rings. The molecular weight excluding hydrogens is 414 g/mol. The molecule has 31 heavy (non-hydrogen) atoms. The van der Waals surface area contributed by atoms with Crippen LogP contribution in [0.5, 0.6) is 5.75 Å². The number of anilines is 1. The number of Topliss-reactive ketones (excluding diaryl/α,β-unsaturated/α-hetero) is 1. The fourth-order valence-electron chi connectivity index (χ4n) is 3.70. The van der Waals surface area contributed by atoms with Crippen molar-refractivity contribution in [2.75, 3.05) is 11.5 Å². The molecule has 1 unspecified atom stereocenters. The van der Waals surface area contributed by atoms with Crippen molar-refractivity contribution in [2.24, 2.45) is 0 Å². The first kappa shape index (κ1) is 20.7. The van der Waals surface area contributed by atoms with Gasteiger partial charge in [-0.2, -0.15) is 0 Å². The first-order valence-corrected chi connectivity index (χ1v) is 10.2. The Morgan fingerprint density at radius 1 is 1.00 bits per heavy atom. The molecule has 6 heteroatoms. The summed E-state index contributed by atoms with van der Waals surface area (Å²) in [7, 11) is 0. The largest absolute Gasteiger partial charge is 0.507 e. The van der Waals surface area contributed by atoms with Gasteiger partial charge >= 0.3 is 0 Å². The van der Waals surface area contributed by atoms with Crippen LogP contribution in [0.3, 0.4) is 0 Å². The van der Waals surface area contributed by atoms with Crippen LogP contribution in [0.2, 0.25) is 5.02 Å². The highest BCUT2D eigenvalue weighted by Crippen LogP contribution is 2.42. The summed E-state index contributed by atoms with van der Waals surface area (Å²) >= 11 is 6.15. The van der Waals surface area contributed by atoms with Crippen LogP contribution in [0.15, 0.2) is 84.4 Å². The standard InChI is InChI=1S/C25H20ClNO4/c1-2-31-20-13-11-16(12-14-20)22-21(23(28)17-7-4-3-5-8-17)24(29)25(30)27(22)19-10-6-9-18(26)15-19/h3-15,22,28H,2H2,1H3/b23-21+. The number of carbonyl (C=O) groups is 2. The summed E-state index contributed by atoms with van der Waals surface area (Å²) in [5.74, 6) is -1.02. The summed E-state index contributed by atoms with van der Waals surface area (Å²) in [6, 6.07) is 21.8. The van der Waals surface area contributed by atoms with Crippen LogP contribution >= 0.6 is 11.6 Å². The number of rotatable bonds is 5. The van der Waals surface area contributed by atoms with Crippen molar-refractivity contribution in [1.82, 2.24) is 0 Å². The van der Waals surface area contributed by atoms with Crippen molar-refractivity contribution in [3.63, 3.8) is 0 Å². The molecule has 0 aliphatic carbocycles. The van der Waals surface area contributed by atoms with Crippen molar-refractivity contribution < 1.29 is 19.4 Å². The molecule has 1 heterocycles. The zero-order valence-corrected chi connectivity index (χ0v) is 17.5. The number of ketones is 1. The number of nitrogens with zero attached hydrogens (tertiary/aromatic N) is 1. The summed E-state index contributed by atoms with van der Waals surface area (Å²) < 4.78 is 5.51. The van der Waals surface area contributed by atoms with E-state index in [-0.39, 0.29) is 11.3 Å². The zero-order chi connectivity index (χ0) is 22.0. The van der Waals surface area contributed by atoms with Crippen LogP contribution in [-0.4, -0.2) is 23.4 Å². The Morgan fingerprint density at radius 3 is 2.35 bits per heavy atom. The molecule has 156 valence electrons. The van der Waals surface area contributed by atoms with Gasteiger partial charge in [-0.15, -0.1) is 0 Å². The van der Waals surface area contributed by atoms with Crippen molar-refractivity contribution in [3.8, 4) is 5.75 Å². The second-order valence-corrected chi connectivity index (χ2v) is 7.45. The topological polar surface area (TPSA) is 66.8 Å². The number of aliphatic hydroxyl groups excluding tert-OH is 1. The van der Waals surface area contributed by atoms with E-state index in [0.29, 0.717) is 34.2 Å². The number of ether oxygens (including phenoxy) is 1. The maximum Gasteiger partial charge on any atom is 0.300 e. The number of benzene rings is 3. The van der Waals surface area contributed by atoms with Gasteiger partial charge in [0.2, 0.25) is 0 Å². The minimum atomic E-state index is -0.811. The predicted octanol–water partition coefficient (Wildman–Crippen LogP) is 5.37. The van der Waals surface area contributed by atoms with Gasteiger partial charge < -0.3 is 9.84 Å². The summed E-state index contributed by atoms with van der Waals surface area (Å²) in [5, 5.41) is 11.5. The lowest BCUT2D eigenvalue weighted by molar-refractivity contribution is -0.132. The molecule has 0 bridgehead atoms. The molecule has 4 rings (SSSR count). The van der Waals surface area contributed by atoms with Gasteiger partial charge in [0.1, 0.15) is 11.5 Å². The second kappa shape index (κ2) is 8.66. The molecule has 1 N–H and O–H groups in total. The van der Waals surface area contributed by atoms with Crippen molar-refractivity contribution in [2.45, 2.75) is 13.0 Å². The lowest BCUT2D eigenvalue weighted by Gasteiger charge is -2.25. The van der Waals surface area contributed by atoms with E-state index in [1.165, 1.54) is 4.90 Å². The molecule has 1 atom stereocenters. The number of aliphatic hydroxyl groups is 1. The summed E-state index contributed by atoms with van der Waals surface area (Å²) in [6.07, 6.45) is 0. The van der Waals surface area contributed by atoms with Gasteiger partial charge in [0.15, 0.2) is 0 Å². The molecule has 1 fully saturated rings. The second-order valence-electron chi connectivity index (χ2n) is 7.02. The third-order valence-corrected chi connectivity index (χ3v) is 5.32. The fraction of sp³-hybridized carbons (Fsp3) is 0.120. The number of halogens is 1. The number of amides is 1. The van der Waals surface area contributed by atoms with Crippen LogP contribution in [0.4, 0.5) is 5.69 Å². The molecule has 0 saturated carbocycles. The Balaban J connectivity index is 1.91. The highest BCUT2D eigenvalue weighted by Gasteiger charge is 2.47. The number of hydrogen-bond donors (Lipinski definition) is 1. The molecule has 0 spiro atoms. The molecule has 1 aliphatic heterocycles. The summed E-state index contributed by atoms with van der Waals surface area (Å²) in [6.45, 7) is 2.41. The van der Waals surface area contributed by atoms with E-state index in [4.69, 9.17) is 16.3 Å². The van der Waals surface area contributed by atoms with Crippen LogP contribution in [0.1, 0.15) is 24.1 Å². The van der Waals surface area contributed by atoms with Crippen LogP contribution in [-0.2, 0) is 9.59 Å². The molecule has 1 aliphatic rings. The van der Waals surface area contributed by atoms with Gasteiger partial charge in [-0.25, -0.2) is 0 Å². The summed E-state index contributed by atoms with van der Waals surface area (Å²) in [4.78, 5) is 27.5. The van der Waals surface area contributed by atoms with Gasteiger partial charge in [0, 0.05) is 16.3 Å². The van der Waals surface area contributed by atoms with Crippen molar-refractivity contribution in [1.29, 1.82) is 0 Å². The maximum absolute atomic E-state index is 13.1. The lowest BCUT2D eigenvalue weighted by Crippen LogP contribution is -2.29. The third-order valence-electron chi connectivity index (χ3n) is 5.08. The Morgan fingerprint density at radius 2 is 1.71 bits per heavy atom. The molecule has 3 aromatic carbocycles. The highest BCUT2D eigenvalue weighted by atomic mass is 35.5.